The molecule has 2 aromatic carbocycles. The summed E-state index contributed by atoms with van der Waals surface area (Å²) in [6, 6.07) is 13.9. The number of rotatable bonds is 5. The molecule has 180 valence electrons. The van der Waals surface area contributed by atoms with Gasteiger partial charge in [0.05, 0.1) is 17.1 Å². The van der Waals surface area contributed by atoms with Crippen LogP contribution in [0.3, 0.4) is 0 Å². The first-order valence-electron chi connectivity index (χ1n) is 11.6. The van der Waals surface area contributed by atoms with Crippen LogP contribution in [0.5, 0.6) is 0 Å². The number of hydrogen-bond acceptors (Lipinski definition) is 6. The molecule has 1 saturated heterocycles. The zero-order chi connectivity index (χ0) is 24.7. The molecule has 0 unspecified atom stereocenters. The van der Waals surface area contributed by atoms with Crippen LogP contribution in [-0.2, 0) is 4.79 Å². The molecule has 3 heterocycles. The minimum atomic E-state index is -0.167. The number of carbonyl (C=O) groups is 1. The van der Waals surface area contributed by atoms with Crippen LogP contribution in [0.1, 0.15) is 29.5 Å². The van der Waals surface area contributed by atoms with Crippen LogP contribution in [0.4, 0.5) is 0 Å². The van der Waals surface area contributed by atoms with E-state index in [2.05, 4.69) is 6.07 Å². The number of benzene rings is 2. The van der Waals surface area contributed by atoms with Gasteiger partial charge in [0.25, 0.3) is 5.56 Å². The number of carbonyl (C=O) groups excluding carboxylic acids is 1. The molecule has 0 radical (unpaired) electrons. The van der Waals surface area contributed by atoms with Crippen LogP contribution in [0.15, 0.2) is 52.4 Å². The summed E-state index contributed by atoms with van der Waals surface area (Å²) < 4.78 is 4.61. The number of amides is 1. The summed E-state index contributed by atoms with van der Waals surface area (Å²) in [5.74, 6) is 0.313. The fourth-order valence-corrected chi connectivity index (χ4v) is 6.70. The normalized spacial score (nSPS) is 13.6. The standard InChI is InChI=1S/C26H26N4O2S3/c1-16-10-11-20(18(3)14-16)29-23-22(35-26(29)33)24(32)30(19-9-5-4-8-17(19)2)25(27-23)34-15-21(31)28-12-6-7-13-28/h4-5,8-11,14H,6-7,12-13,15H2,1-3H3. The first-order chi connectivity index (χ1) is 16.8. The van der Waals surface area contributed by atoms with E-state index in [0.29, 0.717) is 19.5 Å². The molecule has 35 heavy (non-hydrogen) atoms. The molecule has 1 aliphatic heterocycles. The second kappa shape index (κ2) is 9.72. The maximum Gasteiger partial charge on any atom is 0.278 e. The summed E-state index contributed by atoms with van der Waals surface area (Å²) >= 11 is 8.31. The zero-order valence-corrected chi connectivity index (χ0v) is 22.4. The number of fused-ring (bicyclic) bond motifs is 1. The quantitative estimate of drug-likeness (QED) is 0.194. The molecule has 0 bridgehead atoms. The zero-order valence-electron chi connectivity index (χ0n) is 19.9. The number of nitrogens with zero attached hydrogens (tertiary/aromatic N) is 4. The van der Waals surface area contributed by atoms with E-state index in [1.807, 2.05) is 66.6 Å². The van der Waals surface area contributed by atoms with Crippen LogP contribution < -0.4 is 5.56 Å². The van der Waals surface area contributed by atoms with Gasteiger partial charge in [0.2, 0.25) is 5.91 Å². The second-order valence-electron chi connectivity index (χ2n) is 8.84. The smallest absolute Gasteiger partial charge is 0.278 e. The molecule has 1 fully saturated rings. The van der Waals surface area contributed by atoms with Crippen molar-refractivity contribution in [3.8, 4) is 11.4 Å². The Labute approximate surface area is 217 Å². The number of aryl methyl sites for hydroxylation is 3. The van der Waals surface area contributed by atoms with Crippen molar-refractivity contribution in [1.82, 2.24) is 19.0 Å². The molecule has 5 rings (SSSR count). The lowest BCUT2D eigenvalue weighted by atomic mass is 10.1. The Morgan fingerprint density at radius 1 is 1.03 bits per heavy atom. The summed E-state index contributed by atoms with van der Waals surface area (Å²) in [6.45, 7) is 7.65. The lowest BCUT2D eigenvalue weighted by Gasteiger charge is -2.17. The van der Waals surface area contributed by atoms with Gasteiger partial charge in [-0.25, -0.2) is 4.98 Å². The van der Waals surface area contributed by atoms with Crippen molar-refractivity contribution in [2.24, 2.45) is 0 Å². The minimum Gasteiger partial charge on any atom is -0.342 e. The molecular formula is C26H26N4O2S3. The SMILES string of the molecule is Cc1ccc(-n2c(=S)sc3c(=O)n(-c4ccccc4C)c(SCC(=O)N4CCCC4)nc32)c(C)c1. The van der Waals surface area contributed by atoms with Gasteiger partial charge in [-0.1, -0.05) is 59.0 Å². The first kappa shape index (κ1) is 24.0. The van der Waals surface area contributed by atoms with Gasteiger partial charge in [-0.2, -0.15) is 0 Å². The van der Waals surface area contributed by atoms with E-state index in [1.165, 1.54) is 23.1 Å². The number of likely N-dealkylation sites (tertiary alicyclic amines) is 1. The topological polar surface area (TPSA) is 60.1 Å². The van der Waals surface area contributed by atoms with Gasteiger partial charge in [0.1, 0.15) is 4.70 Å². The predicted molar refractivity (Wildman–Crippen MR) is 146 cm³/mol. The highest BCUT2D eigenvalue weighted by atomic mass is 32.2. The van der Waals surface area contributed by atoms with Crippen molar-refractivity contribution in [2.75, 3.05) is 18.8 Å². The van der Waals surface area contributed by atoms with E-state index in [0.717, 1.165) is 54.0 Å². The van der Waals surface area contributed by atoms with E-state index < -0.39 is 0 Å². The lowest BCUT2D eigenvalue weighted by Crippen LogP contribution is -2.30. The Hall–Kier alpha value is -2.75. The molecule has 0 aliphatic carbocycles. The van der Waals surface area contributed by atoms with Crippen molar-refractivity contribution < 1.29 is 4.79 Å². The molecule has 0 spiro atoms. The fraction of sp³-hybridized carbons (Fsp3) is 0.308. The highest BCUT2D eigenvalue weighted by Gasteiger charge is 2.23. The molecular weight excluding hydrogens is 497 g/mol. The van der Waals surface area contributed by atoms with Gasteiger partial charge in [-0.15, -0.1) is 0 Å². The van der Waals surface area contributed by atoms with Gasteiger partial charge in [0, 0.05) is 13.1 Å². The summed E-state index contributed by atoms with van der Waals surface area (Å²) in [4.78, 5) is 33.6. The summed E-state index contributed by atoms with van der Waals surface area (Å²) in [5, 5.41) is 0.496. The molecule has 4 aromatic rings. The second-order valence-corrected chi connectivity index (χ2v) is 11.4. The maximum absolute atomic E-state index is 13.9. The highest BCUT2D eigenvalue weighted by Crippen LogP contribution is 2.29. The number of thioether (sulfide) groups is 1. The van der Waals surface area contributed by atoms with Crippen LogP contribution in [0.2, 0.25) is 0 Å². The van der Waals surface area contributed by atoms with Crippen molar-refractivity contribution in [2.45, 2.75) is 38.8 Å². The highest BCUT2D eigenvalue weighted by molar-refractivity contribution is 7.99. The molecule has 0 atom stereocenters. The summed E-state index contributed by atoms with van der Waals surface area (Å²) in [5.41, 5.74) is 5.23. The Balaban J connectivity index is 1.70. The molecule has 0 N–H and O–H groups in total. The van der Waals surface area contributed by atoms with Gasteiger partial charge in [-0.3, -0.25) is 18.7 Å². The van der Waals surface area contributed by atoms with Gasteiger partial charge in [-0.05, 0) is 69.1 Å². The number of aromatic nitrogens is 3. The molecule has 6 nitrogen and oxygen atoms in total. The molecule has 9 heteroatoms. The third-order valence-electron chi connectivity index (χ3n) is 6.31. The number of para-hydroxylation sites is 1. The van der Waals surface area contributed by atoms with Crippen LogP contribution in [0, 0.1) is 24.7 Å². The maximum atomic E-state index is 13.9. The van der Waals surface area contributed by atoms with Crippen LogP contribution in [-0.4, -0.2) is 43.8 Å². The molecule has 1 amide bonds. The Kier molecular flexibility index (Phi) is 6.65. The summed E-state index contributed by atoms with van der Waals surface area (Å²) in [6.07, 6.45) is 2.09. The van der Waals surface area contributed by atoms with E-state index in [4.69, 9.17) is 17.2 Å². The number of thiazole rings is 1. The lowest BCUT2D eigenvalue weighted by molar-refractivity contribution is -0.127. The van der Waals surface area contributed by atoms with E-state index >= 15 is 0 Å². The van der Waals surface area contributed by atoms with Crippen molar-refractivity contribution in [1.29, 1.82) is 0 Å². The van der Waals surface area contributed by atoms with Crippen molar-refractivity contribution in [3.63, 3.8) is 0 Å². The monoisotopic (exact) mass is 522 g/mol. The third-order valence-corrected chi connectivity index (χ3v) is 8.58. The van der Waals surface area contributed by atoms with Gasteiger partial charge >= 0.3 is 0 Å². The van der Waals surface area contributed by atoms with Gasteiger partial charge in [0.15, 0.2) is 14.8 Å². The van der Waals surface area contributed by atoms with E-state index in [1.54, 1.807) is 4.57 Å². The Morgan fingerprint density at radius 3 is 2.46 bits per heavy atom. The van der Waals surface area contributed by atoms with E-state index in [-0.39, 0.29) is 17.2 Å². The van der Waals surface area contributed by atoms with Crippen LogP contribution in [0.25, 0.3) is 21.7 Å². The largest absolute Gasteiger partial charge is 0.342 e. The first-order valence-corrected chi connectivity index (χ1v) is 13.8. The van der Waals surface area contributed by atoms with E-state index in [9.17, 15) is 9.59 Å². The Bertz CT molecular complexity index is 1560. The number of hydrogen-bond donors (Lipinski definition) is 0. The average Bonchev–Trinajstić information content (AvgIpc) is 3.47. The van der Waals surface area contributed by atoms with Crippen LogP contribution >= 0.6 is 35.3 Å². The third kappa shape index (κ3) is 4.48. The summed E-state index contributed by atoms with van der Waals surface area (Å²) in [7, 11) is 0. The Morgan fingerprint density at radius 2 is 1.74 bits per heavy atom. The van der Waals surface area contributed by atoms with Crippen molar-refractivity contribution >= 4 is 51.6 Å². The predicted octanol–water partition coefficient (Wildman–Crippen LogP) is 5.61. The molecule has 2 aromatic heterocycles. The molecule has 1 aliphatic rings. The van der Waals surface area contributed by atoms with Crippen molar-refractivity contribution in [3.05, 3.63) is 73.5 Å². The van der Waals surface area contributed by atoms with Gasteiger partial charge < -0.3 is 4.90 Å². The fourth-order valence-electron chi connectivity index (χ4n) is 4.51. The molecule has 0 saturated carbocycles. The average molecular weight is 523 g/mol. The minimum absolute atomic E-state index is 0.0784.